The van der Waals surface area contributed by atoms with Gasteiger partial charge >= 0.3 is 5.97 Å². The molecule has 1 unspecified atom stereocenters. The third kappa shape index (κ3) is 4.57. The molecule has 1 atom stereocenters. The van der Waals surface area contributed by atoms with Gasteiger partial charge < -0.3 is 10.8 Å². The van der Waals surface area contributed by atoms with Crippen LogP contribution < -0.4 is 10.5 Å². The molecule has 0 aromatic heterocycles. The molecule has 4 N–H and O–H groups in total. The van der Waals surface area contributed by atoms with E-state index in [2.05, 4.69) is 4.72 Å². The number of rotatable bonds is 6. The van der Waals surface area contributed by atoms with Crippen LogP contribution in [-0.4, -0.2) is 31.4 Å². The maximum atomic E-state index is 12.1. The maximum Gasteiger partial charge on any atom is 0.337 e. The van der Waals surface area contributed by atoms with Gasteiger partial charge in [0.1, 0.15) is 4.90 Å². The van der Waals surface area contributed by atoms with Crippen LogP contribution in [-0.2, 0) is 14.8 Å². The zero-order valence-electron chi connectivity index (χ0n) is 10.8. The third-order valence-corrected chi connectivity index (χ3v) is 4.77. The molecule has 0 aliphatic carbocycles. The monoisotopic (exact) mass is 354 g/mol. The first-order valence-corrected chi connectivity index (χ1v) is 7.81. The van der Waals surface area contributed by atoms with Gasteiger partial charge in [0.15, 0.2) is 0 Å². The molecule has 0 saturated heterocycles. The molecule has 0 saturated carbocycles. The summed E-state index contributed by atoms with van der Waals surface area (Å²) in [5.41, 5.74) is 4.57. The fourth-order valence-corrected chi connectivity index (χ4v) is 3.67. The van der Waals surface area contributed by atoms with Gasteiger partial charge in [-0.25, -0.2) is 17.9 Å². The second-order valence-electron chi connectivity index (χ2n) is 4.26. The minimum absolute atomic E-state index is 0.184. The Bertz CT molecular complexity index is 690. The molecule has 7 nitrogen and oxygen atoms in total. The predicted octanol–water partition coefficient (Wildman–Crippen LogP) is 1.23. The quantitative estimate of drug-likeness (QED) is 0.707. The van der Waals surface area contributed by atoms with Crippen molar-refractivity contribution in [2.45, 2.75) is 24.3 Å². The van der Waals surface area contributed by atoms with Crippen LogP contribution in [0.25, 0.3) is 0 Å². The number of hydrogen-bond acceptors (Lipinski definition) is 4. The van der Waals surface area contributed by atoms with E-state index >= 15 is 0 Å². The van der Waals surface area contributed by atoms with E-state index in [1.807, 2.05) is 0 Å². The summed E-state index contributed by atoms with van der Waals surface area (Å²) in [5, 5.41) is 8.53. The van der Waals surface area contributed by atoms with Gasteiger partial charge in [-0.2, -0.15) is 0 Å². The number of aromatic carboxylic acids is 1. The molecule has 0 fully saturated rings. The Morgan fingerprint density at radius 2 is 1.90 bits per heavy atom. The Kier molecular flexibility index (Phi) is 5.57. The molecule has 0 bridgehead atoms. The van der Waals surface area contributed by atoms with Crippen LogP contribution in [0.1, 0.15) is 23.7 Å². The van der Waals surface area contributed by atoms with Gasteiger partial charge in [0.25, 0.3) is 0 Å². The maximum absolute atomic E-state index is 12.1. The van der Waals surface area contributed by atoms with E-state index in [0.29, 0.717) is 0 Å². The molecule has 0 radical (unpaired) electrons. The number of nitrogens with two attached hydrogens (primary N) is 1. The molecule has 116 valence electrons. The summed E-state index contributed by atoms with van der Waals surface area (Å²) >= 11 is 11.5. The number of benzene rings is 1. The number of carboxylic acids is 1. The van der Waals surface area contributed by atoms with Crippen LogP contribution in [0.2, 0.25) is 10.0 Å². The second kappa shape index (κ2) is 6.61. The van der Waals surface area contributed by atoms with E-state index in [1.165, 1.54) is 6.92 Å². The van der Waals surface area contributed by atoms with Crippen LogP contribution in [0.4, 0.5) is 0 Å². The average Bonchev–Trinajstić information content (AvgIpc) is 2.25. The largest absolute Gasteiger partial charge is 0.478 e. The molecule has 21 heavy (non-hydrogen) atoms. The second-order valence-corrected chi connectivity index (χ2v) is 6.76. The van der Waals surface area contributed by atoms with Crippen LogP contribution >= 0.6 is 23.2 Å². The van der Waals surface area contributed by atoms with Crippen LogP contribution in [0.3, 0.4) is 0 Å². The van der Waals surface area contributed by atoms with Crippen molar-refractivity contribution < 1.29 is 23.1 Å². The molecule has 0 heterocycles. The van der Waals surface area contributed by atoms with Gasteiger partial charge in [0.05, 0.1) is 15.6 Å². The zero-order chi connectivity index (χ0) is 16.4. The lowest BCUT2D eigenvalue weighted by molar-refractivity contribution is -0.118. The van der Waals surface area contributed by atoms with Gasteiger partial charge in [-0.3, -0.25) is 4.79 Å². The summed E-state index contributed by atoms with van der Waals surface area (Å²) < 4.78 is 26.5. The minimum atomic E-state index is -4.12. The number of carbonyl (C=O) groups is 2. The fourth-order valence-electron chi connectivity index (χ4n) is 1.57. The van der Waals surface area contributed by atoms with Gasteiger partial charge in [0.2, 0.25) is 15.9 Å². The lowest BCUT2D eigenvalue weighted by Crippen LogP contribution is -2.35. The van der Waals surface area contributed by atoms with E-state index < -0.39 is 38.4 Å². The highest BCUT2D eigenvalue weighted by molar-refractivity contribution is 7.89. The SMILES string of the molecule is CC(CC(N)=O)NS(=O)(=O)c1cc(C(=O)O)c(Cl)cc1Cl. The van der Waals surface area contributed by atoms with E-state index in [1.54, 1.807) is 0 Å². The average molecular weight is 355 g/mol. The summed E-state index contributed by atoms with van der Waals surface area (Å²) in [4.78, 5) is 21.3. The van der Waals surface area contributed by atoms with Crippen LogP contribution in [0, 0.1) is 0 Å². The first-order chi connectivity index (χ1) is 9.54. The summed E-state index contributed by atoms with van der Waals surface area (Å²) in [6.45, 7) is 1.43. The van der Waals surface area contributed by atoms with Crippen molar-refractivity contribution in [2.75, 3.05) is 0 Å². The zero-order valence-corrected chi connectivity index (χ0v) is 13.1. The number of halogens is 2. The van der Waals surface area contributed by atoms with Crippen molar-refractivity contribution in [3.63, 3.8) is 0 Å². The molecule has 0 aliphatic heterocycles. The molecule has 10 heteroatoms. The molecule has 0 spiro atoms. The van der Waals surface area contributed by atoms with Crippen molar-refractivity contribution in [1.29, 1.82) is 0 Å². The standard InChI is InChI=1S/C11H12Cl2N2O5S/c1-5(2-10(14)16)15-21(19,20)9-3-6(11(17)18)7(12)4-8(9)13/h3-5,15H,2H2,1H3,(H2,14,16)(H,17,18). The van der Waals surface area contributed by atoms with Gasteiger partial charge in [-0.15, -0.1) is 0 Å². The van der Waals surface area contributed by atoms with Crippen molar-refractivity contribution in [3.05, 3.63) is 27.7 Å². The lowest BCUT2D eigenvalue weighted by Gasteiger charge is -2.14. The first-order valence-electron chi connectivity index (χ1n) is 5.57. The van der Waals surface area contributed by atoms with Crippen LogP contribution in [0.5, 0.6) is 0 Å². The molecule has 1 aromatic rings. The van der Waals surface area contributed by atoms with Crippen molar-refractivity contribution in [2.24, 2.45) is 5.73 Å². The smallest absolute Gasteiger partial charge is 0.337 e. The molecule has 1 aromatic carbocycles. The van der Waals surface area contributed by atoms with E-state index in [4.69, 9.17) is 34.0 Å². The van der Waals surface area contributed by atoms with Crippen molar-refractivity contribution >= 4 is 45.1 Å². The van der Waals surface area contributed by atoms with Crippen LogP contribution in [0.15, 0.2) is 17.0 Å². The summed E-state index contributed by atoms with van der Waals surface area (Å²) in [5.74, 6) is -2.07. The van der Waals surface area contributed by atoms with E-state index in [-0.39, 0.29) is 16.5 Å². The highest BCUT2D eigenvalue weighted by atomic mass is 35.5. The highest BCUT2D eigenvalue weighted by Crippen LogP contribution is 2.28. The van der Waals surface area contributed by atoms with Crippen molar-refractivity contribution in [3.8, 4) is 0 Å². The molecule has 1 rings (SSSR count). The third-order valence-electron chi connectivity index (χ3n) is 2.41. The lowest BCUT2D eigenvalue weighted by atomic mass is 10.2. The summed E-state index contributed by atoms with van der Waals surface area (Å²) in [7, 11) is -4.12. The van der Waals surface area contributed by atoms with Gasteiger partial charge in [0, 0.05) is 12.5 Å². The van der Waals surface area contributed by atoms with E-state index in [9.17, 15) is 18.0 Å². The Morgan fingerprint density at radius 1 is 1.33 bits per heavy atom. The van der Waals surface area contributed by atoms with Gasteiger partial charge in [-0.1, -0.05) is 23.2 Å². The Hall–Kier alpha value is -1.35. The Labute approximate surface area is 131 Å². The molecule has 0 aliphatic rings. The molecular weight excluding hydrogens is 343 g/mol. The Morgan fingerprint density at radius 3 is 2.38 bits per heavy atom. The Balaban J connectivity index is 3.22. The number of primary amides is 1. The summed E-state index contributed by atoms with van der Waals surface area (Å²) in [6, 6.07) is 1.11. The van der Waals surface area contributed by atoms with E-state index in [0.717, 1.165) is 12.1 Å². The number of amides is 1. The minimum Gasteiger partial charge on any atom is -0.478 e. The first kappa shape index (κ1) is 17.7. The topological polar surface area (TPSA) is 127 Å². The highest BCUT2D eigenvalue weighted by Gasteiger charge is 2.24. The molecular formula is C11H12Cl2N2O5S. The number of sulfonamides is 1. The normalized spacial score (nSPS) is 12.9. The predicted molar refractivity (Wildman–Crippen MR) is 77.0 cm³/mol. The number of hydrogen-bond donors (Lipinski definition) is 3. The number of nitrogens with one attached hydrogen (secondary N) is 1. The molecule has 1 amide bonds. The fraction of sp³-hybridized carbons (Fsp3) is 0.273. The van der Waals surface area contributed by atoms with Gasteiger partial charge in [-0.05, 0) is 19.1 Å². The number of carbonyl (C=O) groups excluding carboxylic acids is 1. The summed E-state index contributed by atoms with van der Waals surface area (Å²) in [6.07, 6.45) is -0.212. The van der Waals surface area contributed by atoms with Crippen molar-refractivity contribution in [1.82, 2.24) is 4.72 Å². The number of carboxylic acid groups (broad SMARTS) is 1.